The first-order valence-corrected chi connectivity index (χ1v) is 6.48. The Morgan fingerprint density at radius 2 is 1.95 bits per heavy atom. The first-order chi connectivity index (χ1) is 8.97. The van der Waals surface area contributed by atoms with E-state index >= 15 is 0 Å². The van der Waals surface area contributed by atoms with Crippen LogP contribution in [-0.4, -0.2) is 26.8 Å². The van der Waals surface area contributed by atoms with Crippen molar-refractivity contribution in [2.75, 3.05) is 19.8 Å². The summed E-state index contributed by atoms with van der Waals surface area (Å²) in [6.45, 7) is -1.46. The zero-order valence-electron chi connectivity index (χ0n) is 10.9. The number of hydrogen-bond donors (Lipinski definition) is 0. The maximum Gasteiger partial charge on any atom is 0.509 e. The van der Waals surface area contributed by atoms with Crippen molar-refractivity contribution in [2.24, 2.45) is 5.92 Å². The fraction of sp³-hybridized carbons (Fsp3) is 0.538. The predicted octanol–water partition coefficient (Wildman–Crippen LogP) is 2.85. The van der Waals surface area contributed by atoms with Gasteiger partial charge in [-0.15, -0.1) is 5.46 Å². The van der Waals surface area contributed by atoms with E-state index < -0.39 is 12.4 Å². The zero-order chi connectivity index (χ0) is 13.9. The molecule has 0 aromatic heterocycles. The largest absolute Gasteiger partial charge is 0.509 e. The summed E-state index contributed by atoms with van der Waals surface area (Å²) in [6.07, 6.45) is 1.89. The molecule has 0 radical (unpaired) electrons. The van der Waals surface area contributed by atoms with Crippen LogP contribution in [-0.2, 0) is 4.74 Å². The number of ether oxygens (including phenoxy) is 2. The summed E-state index contributed by atoms with van der Waals surface area (Å²) in [7, 11) is 0. The Balaban J connectivity index is 1.96. The highest BCUT2D eigenvalue weighted by Gasteiger charge is 2.27. The summed E-state index contributed by atoms with van der Waals surface area (Å²) in [4.78, 5) is 0. The average Bonchev–Trinajstić information content (AvgIpc) is 2.36. The van der Waals surface area contributed by atoms with Gasteiger partial charge in [0.2, 0.25) is 0 Å². The third-order valence-corrected chi connectivity index (χ3v) is 3.42. The third-order valence-electron chi connectivity index (χ3n) is 3.42. The average molecular weight is 273 g/mol. The van der Waals surface area contributed by atoms with E-state index in [-0.39, 0.29) is 5.56 Å². The van der Waals surface area contributed by atoms with Gasteiger partial charge in [-0.1, -0.05) is 11.6 Å². The van der Waals surface area contributed by atoms with E-state index in [1.807, 2.05) is 0 Å². The normalized spacial score (nSPS) is 17.5. The minimum absolute atomic E-state index is 0.219. The van der Waals surface area contributed by atoms with E-state index in [1.165, 1.54) is 19.1 Å². The Kier molecular flexibility index (Phi) is 4.40. The molecular formula is C13H17BF3O2-. The molecule has 2 nitrogen and oxygen atoms in total. The molecule has 1 aromatic rings. The molecule has 0 saturated carbocycles. The molecule has 0 amide bonds. The van der Waals surface area contributed by atoms with Gasteiger partial charge in [0.1, 0.15) is 5.75 Å². The second-order valence-electron chi connectivity index (χ2n) is 4.96. The van der Waals surface area contributed by atoms with Gasteiger partial charge in [0, 0.05) is 13.2 Å². The standard InChI is InChI=1S/C13H17BF3O2/c1-10-8-12(2-3-13(10)14(15,16)17)19-9-11-4-6-18-7-5-11/h2-3,8,11H,4-7,9H2,1H3/q-1. The predicted molar refractivity (Wildman–Crippen MR) is 68.9 cm³/mol. The molecule has 1 fully saturated rings. The van der Waals surface area contributed by atoms with Crippen molar-refractivity contribution in [1.29, 1.82) is 0 Å². The molecule has 6 heteroatoms. The van der Waals surface area contributed by atoms with E-state index in [2.05, 4.69) is 0 Å². The van der Waals surface area contributed by atoms with Crippen LogP contribution in [0.4, 0.5) is 12.9 Å². The van der Waals surface area contributed by atoms with Gasteiger partial charge in [0.05, 0.1) is 6.61 Å². The molecule has 1 heterocycles. The molecule has 19 heavy (non-hydrogen) atoms. The number of hydrogen-bond acceptors (Lipinski definition) is 2. The first-order valence-electron chi connectivity index (χ1n) is 6.48. The van der Waals surface area contributed by atoms with Gasteiger partial charge < -0.3 is 22.4 Å². The SMILES string of the molecule is Cc1cc(OCC2CCOCC2)ccc1[B-](F)(F)F. The van der Waals surface area contributed by atoms with Gasteiger partial charge in [-0.3, -0.25) is 0 Å². The Morgan fingerprint density at radius 1 is 1.26 bits per heavy atom. The first kappa shape index (κ1) is 14.2. The lowest BCUT2D eigenvalue weighted by Crippen LogP contribution is -2.36. The summed E-state index contributed by atoms with van der Waals surface area (Å²) in [5.41, 5.74) is -0.324. The van der Waals surface area contributed by atoms with Crippen molar-refractivity contribution < 1.29 is 22.4 Å². The van der Waals surface area contributed by atoms with E-state index in [0.717, 1.165) is 32.1 Å². The fourth-order valence-corrected chi connectivity index (χ4v) is 2.23. The van der Waals surface area contributed by atoms with Crippen LogP contribution in [0.3, 0.4) is 0 Å². The molecule has 2 rings (SSSR count). The number of aryl methyl sites for hydroxylation is 1. The Hall–Kier alpha value is -1.17. The zero-order valence-corrected chi connectivity index (χ0v) is 10.9. The van der Waals surface area contributed by atoms with Crippen LogP contribution in [0.15, 0.2) is 18.2 Å². The molecule has 1 saturated heterocycles. The lowest BCUT2D eigenvalue weighted by atomic mass is 9.77. The van der Waals surface area contributed by atoms with Crippen LogP contribution in [0.25, 0.3) is 0 Å². The van der Waals surface area contributed by atoms with Gasteiger partial charge in [-0.25, -0.2) is 0 Å². The quantitative estimate of drug-likeness (QED) is 0.785. The van der Waals surface area contributed by atoms with E-state index in [0.29, 0.717) is 18.3 Å². The summed E-state index contributed by atoms with van der Waals surface area (Å²) in [6, 6.07) is 3.97. The lowest BCUT2D eigenvalue weighted by molar-refractivity contribution is 0.0497. The number of halogens is 3. The van der Waals surface area contributed by atoms with Crippen LogP contribution < -0.4 is 10.2 Å². The van der Waals surface area contributed by atoms with Crippen LogP contribution in [0, 0.1) is 12.8 Å². The second kappa shape index (κ2) is 5.86. The van der Waals surface area contributed by atoms with E-state index in [1.54, 1.807) is 0 Å². The van der Waals surface area contributed by atoms with Crippen LogP contribution in [0.5, 0.6) is 5.75 Å². The van der Waals surface area contributed by atoms with Crippen LogP contribution in [0.1, 0.15) is 18.4 Å². The molecule has 0 aliphatic carbocycles. The van der Waals surface area contributed by atoms with Gasteiger partial charge in [-0.05, 0) is 37.8 Å². The van der Waals surface area contributed by atoms with Crippen LogP contribution in [0.2, 0.25) is 0 Å². The van der Waals surface area contributed by atoms with Crippen molar-refractivity contribution in [2.45, 2.75) is 19.8 Å². The van der Waals surface area contributed by atoms with Gasteiger partial charge in [0.15, 0.2) is 0 Å². The lowest BCUT2D eigenvalue weighted by Gasteiger charge is -2.23. The topological polar surface area (TPSA) is 18.5 Å². The maximum absolute atomic E-state index is 12.7. The molecule has 1 aliphatic rings. The Morgan fingerprint density at radius 3 is 2.53 bits per heavy atom. The van der Waals surface area contributed by atoms with Crippen molar-refractivity contribution in [3.05, 3.63) is 23.8 Å². The molecule has 1 aromatic carbocycles. The van der Waals surface area contributed by atoms with Crippen LogP contribution >= 0.6 is 0 Å². The molecule has 1 aliphatic heterocycles. The molecule has 0 bridgehead atoms. The summed E-state index contributed by atoms with van der Waals surface area (Å²) in [5, 5.41) is 0. The minimum Gasteiger partial charge on any atom is -0.493 e. The number of rotatable bonds is 4. The molecular weight excluding hydrogens is 256 g/mol. The number of benzene rings is 1. The van der Waals surface area contributed by atoms with Gasteiger partial charge in [0.25, 0.3) is 0 Å². The van der Waals surface area contributed by atoms with E-state index in [4.69, 9.17) is 9.47 Å². The third kappa shape index (κ3) is 3.90. The Labute approximate surface area is 111 Å². The van der Waals surface area contributed by atoms with Crippen molar-refractivity contribution in [3.8, 4) is 5.75 Å². The monoisotopic (exact) mass is 273 g/mol. The van der Waals surface area contributed by atoms with Gasteiger partial charge in [-0.2, -0.15) is 0 Å². The molecule has 106 valence electrons. The highest BCUT2D eigenvalue weighted by Crippen LogP contribution is 2.20. The highest BCUT2D eigenvalue weighted by molar-refractivity contribution is 6.74. The van der Waals surface area contributed by atoms with E-state index in [9.17, 15) is 12.9 Å². The second-order valence-corrected chi connectivity index (χ2v) is 4.96. The minimum atomic E-state index is -4.94. The Bertz CT molecular complexity index is 428. The van der Waals surface area contributed by atoms with Crippen molar-refractivity contribution >= 4 is 12.4 Å². The van der Waals surface area contributed by atoms with Crippen molar-refractivity contribution in [3.63, 3.8) is 0 Å². The fourth-order valence-electron chi connectivity index (χ4n) is 2.23. The van der Waals surface area contributed by atoms with Crippen molar-refractivity contribution in [1.82, 2.24) is 0 Å². The summed E-state index contributed by atoms with van der Waals surface area (Å²) in [5.74, 6) is 0.938. The maximum atomic E-state index is 12.7. The summed E-state index contributed by atoms with van der Waals surface area (Å²) >= 11 is 0. The molecule has 0 atom stereocenters. The molecule has 0 N–H and O–H groups in total. The smallest absolute Gasteiger partial charge is 0.493 e. The summed E-state index contributed by atoms with van der Waals surface area (Å²) < 4.78 is 48.8. The molecule has 0 unspecified atom stereocenters. The van der Waals surface area contributed by atoms with Gasteiger partial charge >= 0.3 is 6.98 Å². The molecule has 0 spiro atoms. The highest BCUT2D eigenvalue weighted by atomic mass is 19.4.